The van der Waals surface area contributed by atoms with Gasteiger partial charge < -0.3 is 0 Å². The molecule has 1 fully saturated rings. The van der Waals surface area contributed by atoms with Crippen molar-refractivity contribution in [2.24, 2.45) is 0 Å². The molecule has 146 valence electrons. The van der Waals surface area contributed by atoms with E-state index < -0.39 is 0 Å². The van der Waals surface area contributed by atoms with Gasteiger partial charge in [0.05, 0.1) is 23.7 Å². The van der Waals surface area contributed by atoms with Crippen molar-refractivity contribution in [1.82, 2.24) is 14.4 Å². The molecule has 3 heterocycles. The monoisotopic (exact) mass is 384 g/mol. The van der Waals surface area contributed by atoms with Crippen LogP contribution in [-0.2, 0) is 0 Å². The van der Waals surface area contributed by atoms with E-state index in [2.05, 4.69) is 48.4 Å². The summed E-state index contributed by atoms with van der Waals surface area (Å²) in [6.07, 6.45) is 7.85. The van der Waals surface area contributed by atoms with Crippen LogP contribution in [0.2, 0.25) is 0 Å². The van der Waals surface area contributed by atoms with Crippen molar-refractivity contribution in [3.05, 3.63) is 78.1 Å². The number of para-hydroxylation sites is 2. The highest BCUT2D eigenvalue weighted by molar-refractivity contribution is 6.31. The molecule has 2 aliphatic rings. The lowest BCUT2D eigenvalue weighted by Gasteiger charge is -2.43. The first kappa shape index (κ1) is 18.2. The van der Waals surface area contributed by atoms with Crippen LogP contribution in [0, 0.1) is 0 Å². The maximum absolute atomic E-state index is 13.6. The Morgan fingerprint density at radius 1 is 1.10 bits per heavy atom. The Morgan fingerprint density at radius 3 is 2.76 bits per heavy atom. The second-order valence-electron chi connectivity index (χ2n) is 8.41. The van der Waals surface area contributed by atoms with Gasteiger partial charge >= 0.3 is 0 Å². The number of Topliss-reactive ketones (excluding diaryl/α,β-unsaturated/α-hetero) is 1. The van der Waals surface area contributed by atoms with Crippen LogP contribution >= 0.6 is 0 Å². The predicted octanol–water partition coefficient (Wildman–Crippen LogP) is 4.85. The lowest BCUT2D eigenvalue weighted by Crippen LogP contribution is -2.57. The summed E-state index contributed by atoms with van der Waals surface area (Å²) in [6.45, 7) is 1.10. The summed E-state index contributed by atoms with van der Waals surface area (Å²) in [5, 5.41) is 0.995. The highest BCUT2D eigenvalue weighted by atomic mass is 16.1. The first-order valence-electron chi connectivity index (χ1n) is 10.4. The van der Waals surface area contributed by atoms with E-state index in [1.165, 1.54) is 18.5 Å². The first-order valence-corrected chi connectivity index (χ1v) is 10.4. The average molecular weight is 385 g/mol. The van der Waals surface area contributed by atoms with Crippen LogP contribution in [0.4, 0.5) is 5.69 Å². The number of hydrogen-bond donors (Lipinski definition) is 0. The number of allylic oxidation sites excluding steroid dienone is 1. The predicted molar refractivity (Wildman–Crippen MR) is 118 cm³/mol. The number of carbonyl (C=O) groups is 1. The molecular formula is C25H26N3O+. The van der Waals surface area contributed by atoms with E-state index in [9.17, 15) is 4.79 Å². The molecule has 5 rings (SSSR count). The second kappa shape index (κ2) is 6.90. The van der Waals surface area contributed by atoms with Crippen LogP contribution in [0.5, 0.6) is 0 Å². The maximum Gasteiger partial charge on any atom is 0.200 e. The van der Waals surface area contributed by atoms with E-state index in [4.69, 9.17) is 0 Å². The molecule has 1 aromatic heterocycles. The molecule has 4 heteroatoms. The van der Waals surface area contributed by atoms with Crippen LogP contribution in [-0.4, -0.2) is 42.5 Å². The van der Waals surface area contributed by atoms with E-state index in [1.807, 2.05) is 36.4 Å². The van der Waals surface area contributed by atoms with E-state index in [1.54, 1.807) is 6.20 Å². The molecule has 0 N–H and O–H groups in total. The van der Waals surface area contributed by atoms with Crippen molar-refractivity contribution < 1.29 is 4.79 Å². The number of likely N-dealkylation sites (tertiary alicyclic amines) is 1. The summed E-state index contributed by atoms with van der Waals surface area (Å²) in [4.78, 5) is 20.5. The fourth-order valence-electron chi connectivity index (χ4n) is 5.04. The van der Waals surface area contributed by atoms with Crippen molar-refractivity contribution >= 4 is 27.9 Å². The number of aromatic nitrogens is 1. The van der Waals surface area contributed by atoms with E-state index >= 15 is 0 Å². The molecule has 2 aliphatic heterocycles. The van der Waals surface area contributed by atoms with Gasteiger partial charge in [-0.25, -0.2) is 0 Å². The zero-order valence-electron chi connectivity index (χ0n) is 17.0. The van der Waals surface area contributed by atoms with Gasteiger partial charge in [0.1, 0.15) is 11.9 Å². The highest BCUT2D eigenvalue weighted by Gasteiger charge is 2.45. The number of piperidine rings is 1. The van der Waals surface area contributed by atoms with Crippen molar-refractivity contribution in [1.29, 1.82) is 0 Å². The van der Waals surface area contributed by atoms with Crippen LogP contribution < -0.4 is 4.48 Å². The minimum absolute atomic E-state index is 0.0519. The second-order valence-corrected chi connectivity index (χ2v) is 8.41. The Bertz CT molecular complexity index is 1140. The largest absolute Gasteiger partial charge is 0.288 e. The van der Waals surface area contributed by atoms with Crippen LogP contribution in [0.15, 0.2) is 67.0 Å². The summed E-state index contributed by atoms with van der Waals surface area (Å²) in [5.41, 5.74) is 4.61. The summed E-state index contributed by atoms with van der Waals surface area (Å²) in [5.74, 6) is 0.0519. The maximum atomic E-state index is 13.6. The highest BCUT2D eigenvalue weighted by Crippen LogP contribution is 2.44. The van der Waals surface area contributed by atoms with Crippen molar-refractivity contribution in [2.45, 2.75) is 25.4 Å². The van der Waals surface area contributed by atoms with Crippen molar-refractivity contribution in [3.8, 4) is 0 Å². The van der Waals surface area contributed by atoms with Gasteiger partial charge in [-0.2, -0.15) is 0 Å². The zero-order chi connectivity index (χ0) is 20.0. The molecular weight excluding hydrogens is 358 g/mol. The van der Waals surface area contributed by atoms with Gasteiger partial charge in [-0.3, -0.25) is 19.2 Å². The molecule has 0 aliphatic carbocycles. The van der Waals surface area contributed by atoms with E-state index in [0.29, 0.717) is 16.2 Å². The lowest BCUT2D eigenvalue weighted by molar-refractivity contribution is 0.0859. The van der Waals surface area contributed by atoms with E-state index in [0.717, 1.165) is 35.0 Å². The molecule has 4 nitrogen and oxygen atoms in total. The lowest BCUT2D eigenvalue weighted by atomic mass is 9.98. The number of hydrogen-bond acceptors (Lipinski definition) is 3. The number of carbonyl (C=O) groups excluding carboxylic acids is 1. The van der Waals surface area contributed by atoms with Gasteiger partial charge in [-0.15, -0.1) is 0 Å². The number of quaternary nitrogens is 1. The molecule has 0 spiro atoms. The summed E-state index contributed by atoms with van der Waals surface area (Å²) in [7, 11) is 4.45. The van der Waals surface area contributed by atoms with Crippen molar-refractivity contribution in [3.63, 3.8) is 0 Å². The Kier molecular flexibility index (Phi) is 4.34. The summed E-state index contributed by atoms with van der Waals surface area (Å²) >= 11 is 0. The number of pyridine rings is 1. The number of ketones is 1. The number of rotatable bonds is 3. The molecule has 2 atom stereocenters. The Balaban J connectivity index is 1.60. The fourth-order valence-corrected chi connectivity index (χ4v) is 5.04. The van der Waals surface area contributed by atoms with Gasteiger partial charge in [-0.05, 0) is 38.1 Å². The van der Waals surface area contributed by atoms with Crippen LogP contribution in [0.3, 0.4) is 0 Å². The Hall–Kier alpha value is -2.82. The summed E-state index contributed by atoms with van der Waals surface area (Å²) < 4.78 is 0.661. The topological polar surface area (TPSA) is 33.2 Å². The normalized spacial score (nSPS) is 24.3. The molecule has 29 heavy (non-hydrogen) atoms. The van der Waals surface area contributed by atoms with Gasteiger partial charge in [-0.1, -0.05) is 30.3 Å². The fraction of sp³-hybridized carbons (Fsp3) is 0.280. The van der Waals surface area contributed by atoms with Gasteiger partial charge in [0.15, 0.2) is 6.17 Å². The molecule has 2 aromatic carbocycles. The molecule has 0 bridgehead atoms. The molecule has 1 saturated heterocycles. The smallest absolute Gasteiger partial charge is 0.200 e. The van der Waals surface area contributed by atoms with Gasteiger partial charge in [0, 0.05) is 36.2 Å². The summed E-state index contributed by atoms with van der Waals surface area (Å²) in [6, 6.07) is 18.3. The van der Waals surface area contributed by atoms with Gasteiger partial charge in [0.2, 0.25) is 5.78 Å². The van der Waals surface area contributed by atoms with Crippen molar-refractivity contribution in [2.75, 3.05) is 20.6 Å². The van der Waals surface area contributed by atoms with Crippen LogP contribution in [0.1, 0.15) is 35.2 Å². The third-order valence-corrected chi connectivity index (χ3v) is 6.56. The number of benzene rings is 2. The Morgan fingerprint density at radius 2 is 1.90 bits per heavy atom. The zero-order valence-corrected chi connectivity index (χ0v) is 17.0. The molecule has 0 amide bonds. The third kappa shape index (κ3) is 2.91. The minimum atomic E-state index is 0.0519. The number of nitrogens with zero attached hydrogens (tertiary/aromatic N) is 3. The molecule has 2 unspecified atom stereocenters. The molecule has 0 radical (unpaired) electrons. The third-order valence-electron chi connectivity index (χ3n) is 6.56. The molecule has 3 aromatic rings. The minimum Gasteiger partial charge on any atom is -0.288 e. The SMILES string of the molecule is CN1CCCCC1[N+]1(C)C=C(C(=O)c2cnc3ccccc3c2)c2ccccc21. The molecule has 0 saturated carbocycles. The van der Waals surface area contributed by atoms with Crippen LogP contribution in [0.25, 0.3) is 16.5 Å². The quantitative estimate of drug-likeness (QED) is 0.478. The Labute approximate surface area is 171 Å². The van der Waals surface area contributed by atoms with Gasteiger partial charge in [0.25, 0.3) is 0 Å². The standard InChI is InChI=1S/C25H26N3O/c1-27-14-8-7-13-24(27)28(2)17-21(20-10-4-6-12-23(20)28)25(29)19-15-18-9-3-5-11-22(18)26-16-19/h3-6,9-12,15-17,24H,7-8,13-14H2,1-2H3/q+1. The number of fused-ring (bicyclic) bond motifs is 2. The first-order chi connectivity index (χ1) is 14.1. The van der Waals surface area contributed by atoms with E-state index in [-0.39, 0.29) is 5.78 Å². The average Bonchev–Trinajstić information content (AvgIpc) is 3.07.